The van der Waals surface area contributed by atoms with Gasteiger partial charge >= 0.3 is 0 Å². The molecule has 0 fully saturated rings. The van der Waals surface area contributed by atoms with Crippen molar-refractivity contribution in [1.29, 1.82) is 0 Å². The molecule has 154 valence electrons. The second-order valence-corrected chi connectivity index (χ2v) is 6.27. The zero-order chi connectivity index (χ0) is 21.3. The largest absolute Gasteiger partial charge is 0.497 e. The van der Waals surface area contributed by atoms with Crippen LogP contribution in [0.25, 0.3) is 0 Å². The van der Waals surface area contributed by atoms with Crippen molar-refractivity contribution in [2.75, 3.05) is 26.1 Å². The lowest BCUT2D eigenvalue weighted by Gasteiger charge is -2.11. The summed E-state index contributed by atoms with van der Waals surface area (Å²) in [5, 5.41) is 5.29. The minimum Gasteiger partial charge on any atom is -0.497 e. The molecule has 0 bridgehead atoms. The van der Waals surface area contributed by atoms with Crippen LogP contribution >= 0.6 is 0 Å². The van der Waals surface area contributed by atoms with Gasteiger partial charge in [-0.2, -0.15) is 0 Å². The van der Waals surface area contributed by atoms with Gasteiger partial charge in [0.15, 0.2) is 0 Å². The van der Waals surface area contributed by atoms with Crippen LogP contribution in [0.4, 0.5) is 5.69 Å². The molecule has 0 aliphatic carbocycles. The summed E-state index contributed by atoms with van der Waals surface area (Å²) in [7, 11) is 3.05. The first-order chi connectivity index (χ1) is 14.6. The molecule has 7 heteroatoms. The van der Waals surface area contributed by atoms with E-state index in [0.29, 0.717) is 34.2 Å². The zero-order valence-corrected chi connectivity index (χ0v) is 16.7. The van der Waals surface area contributed by atoms with Crippen LogP contribution in [-0.4, -0.2) is 32.6 Å². The van der Waals surface area contributed by atoms with Crippen molar-refractivity contribution in [3.63, 3.8) is 0 Å². The molecular formula is C23H22N2O5. The lowest BCUT2D eigenvalue weighted by molar-refractivity contribution is -0.115. The molecule has 30 heavy (non-hydrogen) atoms. The van der Waals surface area contributed by atoms with Crippen molar-refractivity contribution in [1.82, 2.24) is 5.32 Å². The lowest BCUT2D eigenvalue weighted by Crippen LogP contribution is -2.32. The molecule has 3 aromatic rings. The van der Waals surface area contributed by atoms with Crippen LogP contribution in [-0.2, 0) is 4.79 Å². The average molecular weight is 406 g/mol. The van der Waals surface area contributed by atoms with E-state index in [9.17, 15) is 9.59 Å². The molecular weight excluding hydrogens is 384 g/mol. The summed E-state index contributed by atoms with van der Waals surface area (Å²) in [6, 6.07) is 21.0. The highest BCUT2D eigenvalue weighted by Crippen LogP contribution is 2.25. The van der Waals surface area contributed by atoms with Crippen molar-refractivity contribution in [2.45, 2.75) is 0 Å². The molecule has 0 heterocycles. The summed E-state index contributed by atoms with van der Waals surface area (Å²) in [4.78, 5) is 24.5. The van der Waals surface area contributed by atoms with E-state index in [-0.39, 0.29) is 18.4 Å². The highest BCUT2D eigenvalue weighted by molar-refractivity contribution is 5.99. The molecule has 0 radical (unpaired) electrons. The summed E-state index contributed by atoms with van der Waals surface area (Å²) < 4.78 is 16.0. The maximum atomic E-state index is 12.3. The number of anilines is 1. The summed E-state index contributed by atoms with van der Waals surface area (Å²) >= 11 is 0. The number of hydrogen-bond donors (Lipinski definition) is 2. The quantitative estimate of drug-likeness (QED) is 0.593. The summed E-state index contributed by atoms with van der Waals surface area (Å²) in [6.45, 7) is -0.180. The van der Waals surface area contributed by atoms with Gasteiger partial charge in [0.2, 0.25) is 5.91 Å². The highest BCUT2D eigenvalue weighted by atomic mass is 16.5. The molecule has 0 aliphatic heterocycles. The van der Waals surface area contributed by atoms with Crippen LogP contribution in [0.2, 0.25) is 0 Å². The molecule has 0 saturated heterocycles. The molecule has 0 aliphatic rings. The van der Waals surface area contributed by atoms with Gasteiger partial charge < -0.3 is 24.8 Å². The van der Waals surface area contributed by atoms with Crippen molar-refractivity contribution in [3.8, 4) is 23.0 Å². The van der Waals surface area contributed by atoms with Gasteiger partial charge in [-0.1, -0.05) is 18.2 Å². The number of hydrogen-bond acceptors (Lipinski definition) is 5. The fourth-order valence-electron chi connectivity index (χ4n) is 2.65. The van der Waals surface area contributed by atoms with Crippen LogP contribution in [0.5, 0.6) is 23.0 Å². The molecule has 0 aromatic heterocycles. The Morgan fingerprint density at radius 2 is 1.37 bits per heavy atom. The molecule has 0 spiro atoms. The highest BCUT2D eigenvalue weighted by Gasteiger charge is 2.10. The first-order valence-electron chi connectivity index (χ1n) is 9.21. The van der Waals surface area contributed by atoms with E-state index in [0.717, 1.165) is 0 Å². The van der Waals surface area contributed by atoms with Gasteiger partial charge in [-0.15, -0.1) is 0 Å². The molecule has 2 N–H and O–H groups in total. The standard InChI is InChI=1S/C23H22N2O5/c1-28-20-12-17(13-21(14-20)29-2)25-22(26)15-24-23(27)16-8-10-19(11-9-16)30-18-6-4-3-5-7-18/h3-14H,15H2,1-2H3,(H,24,27)(H,25,26). The third-order valence-corrected chi connectivity index (χ3v) is 4.14. The number of carbonyl (C=O) groups excluding carboxylic acids is 2. The van der Waals surface area contributed by atoms with Crippen LogP contribution in [0.1, 0.15) is 10.4 Å². The fraction of sp³-hybridized carbons (Fsp3) is 0.130. The number of benzene rings is 3. The topological polar surface area (TPSA) is 85.9 Å². The Labute approximate surface area is 174 Å². The van der Waals surface area contributed by atoms with Gasteiger partial charge in [0, 0.05) is 29.4 Å². The molecule has 0 unspecified atom stereocenters. The molecule has 0 saturated carbocycles. The number of amides is 2. The minimum absolute atomic E-state index is 0.180. The third kappa shape index (κ3) is 5.75. The van der Waals surface area contributed by atoms with Gasteiger partial charge in [0.05, 0.1) is 20.8 Å². The Hall–Kier alpha value is -4.00. The fourth-order valence-corrected chi connectivity index (χ4v) is 2.65. The number of carbonyl (C=O) groups is 2. The molecule has 7 nitrogen and oxygen atoms in total. The number of methoxy groups -OCH3 is 2. The van der Waals surface area contributed by atoms with E-state index < -0.39 is 0 Å². The van der Waals surface area contributed by atoms with Crippen LogP contribution in [0.15, 0.2) is 72.8 Å². The maximum absolute atomic E-state index is 12.3. The summed E-state index contributed by atoms with van der Waals surface area (Å²) in [5.74, 6) is 1.68. The van der Waals surface area contributed by atoms with E-state index in [2.05, 4.69) is 10.6 Å². The predicted molar refractivity (Wildman–Crippen MR) is 113 cm³/mol. The maximum Gasteiger partial charge on any atom is 0.251 e. The SMILES string of the molecule is COc1cc(NC(=O)CNC(=O)c2ccc(Oc3ccccc3)cc2)cc(OC)c1. The average Bonchev–Trinajstić information content (AvgIpc) is 2.78. The van der Waals surface area contributed by atoms with Gasteiger partial charge in [-0.05, 0) is 36.4 Å². The monoisotopic (exact) mass is 406 g/mol. The Bertz CT molecular complexity index is 982. The Morgan fingerprint density at radius 1 is 0.767 bits per heavy atom. The van der Waals surface area contributed by atoms with Crippen molar-refractivity contribution < 1.29 is 23.8 Å². The first kappa shape index (κ1) is 20.7. The van der Waals surface area contributed by atoms with Gasteiger partial charge in [0.25, 0.3) is 5.91 Å². The zero-order valence-electron chi connectivity index (χ0n) is 16.7. The first-order valence-corrected chi connectivity index (χ1v) is 9.21. The molecule has 3 rings (SSSR count). The molecule has 2 amide bonds. The van der Waals surface area contributed by atoms with E-state index >= 15 is 0 Å². The Balaban J connectivity index is 1.53. The van der Waals surface area contributed by atoms with E-state index in [1.54, 1.807) is 42.5 Å². The molecule has 3 aromatic carbocycles. The van der Waals surface area contributed by atoms with Crippen LogP contribution in [0, 0.1) is 0 Å². The summed E-state index contributed by atoms with van der Waals surface area (Å²) in [6.07, 6.45) is 0. The Morgan fingerprint density at radius 3 is 1.97 bits per heavy atom. The van der Waals surface area contributed by atoms with Gasteiger partial charge in [-0.3, -0.25) is 9.59 Å². The van der Waals surface area contributed by atoms with E-state index in [1.165, 1.54) is 14.2 Å². The predicted octanol–water partition coefficient (Wildman–Crippen LogP) is 3.86. The molecule has 0 atom stereocenters. The second kappa shape index (κ2) is 9.97. The lowest BCUT2D eigenvalue weighted by atomic mass is 10.2. The second-order valence-electron chi connectivity index (χ2n) is 6.27. The van der Waals surface area contributed by atoms with Crippen LogP contribution < -0.4 is 24.8 Å². The van der Waals surface area contributed by atoms with Crippen molar-refractivity contribution >= 4 is 17.5 Å². The minimum atomic E-state index is -0.373. The smallest absolute Gasteiger partial charge is 0.251 e. The summed E-state index contributed by atoms with van der Waals surface area (Å²) in [5.41, 5.74) is 0.930. The number of nitrogens with one attached hydrogen (secondary N) is 2. The van der Waals surface area contributed by atoms with Crippen molar-refractivity contribution in [3.05, 3.63) is 78.4 Å². The van der Waals surface area contributed by atoms with Gasteiger partial charge in [-0.25, -0.2) is 0 Å². The number of ether oxygens (including phenoxy) is 3. The van der Waals surface area contributed by atoms with Gasteiger partial charge in [0.1, 0.15) is 23.0 Å². The third-order valence-electron chi connectivity index (χ3n) is 4.14. The number of para-hydroxylation sites is 1. The van der Waals surface area contributed by atoms with E-state index in [1.807, 2.05) is 30.3 Å². The number of rotatable bonds is 8. The van der Waals surface area contributed by atoms with E-state index in [4.69, 9.17) is 14.2 Å². The normalized spacial score (nSPS) is 10.1. The Kier molecular flexibility index (Phi) is 6.89. The van der Waals surface area contributed by atoms with Crippen molar-refractivity contribution in [2.24, 2.45) is 0 Å². The van der Waals surface area contributed by atoms with Crippen LogP contribution in [0.3, 0.4) is 0 Å².